The Bertz CT molecular complexity index is 1570. The van der Waals surface area contributed by atoms with Crippen molar-refractivity contribution in [2.24, 2.45) is 0 Å². The van der Waals surface area contributed by atoms with E-state index in [1.165, 1.54) is 7.11 Å². The zero-order valence-corrected chi connectivity index (χ0v) is 23.8. The van der Waals surface area contributed by atoms with Gasteiger partial charge in [-0.1, -0.05) is 66.2 Å². The van der Waals surface area contributed by atoms with Crippen LogP contribution in [-0.2, 0) is 26.1 Å². The minimum Gasteiger partial charge on any atom is -0.465 e. The highest BCUT2D eigenvalue weighted by molar-refractivity contribution is 7.89. The van der Waals surface area contributed by atoms with Gasteiger partial charge in [-0.2, -0.15) is 4.31 Å². The SMILES string of the molecule is COC(=O)c1ccc(CO[C@@H](CN2CCN(S(=O)(=O)c3ccc4ccccc4c3)CC2)c2ccc(Cl)cc2)cc1. The lowest BCUT2D eigenvalue weighted by molar-refractivity contribution is 0.00771. The monoisotopic (exact) mass is 578 g/mol. The molecule has 5 rings (SSSR count). The highest BCUT2D eigenvalue weighted by Crippen LogP contribution is 2.26. The van der Waals surface area contributed by atoms with Crippen molar-refractivity contribution in [1.82, 2.24) is 9.21 Å². The number of halogens is 1. The number of esters is 1. The highest BCUT2D eigenvalue weighted by Gasteiger charge is 2.30. The molecule has 4 aromatic rings. The van der Waals surface area contributed by atoms with E-state index < -0.39 is 10.0 Å². The number of ether oxygens (including phenoxy) is 2. The van der Waals surface area contributed by atoms with Crippen LogP contribution in [0.4, 0.5) is 0 Å². The summed E-state index contributed by atoms with van der Waals surface area (Å²) in [7, 11) is -2.24. The van der Waals surface area contributed by atoms with E-state index in [4.69, 9.17) is 21.1 Å². The molecule has 1 atom stereocenters. The summed E-state index contributed by atoms with van der Waals surface area (Å²) in [6.45, 7) is 2.94. The summed E-state index contributed by atoms with van der Waals surface area (Å²) in [6.07, 6.45) is -0.249. The first kappa shape index (κ1) is 28.3. The molecule has 9 heteroatoms. The molecule has 0 N–H and O–H groups in total. The highest BCUT2D eigenvalue weighted by atomic mass is 35.5. The standard InChI is InChI=1S/C31H31ClN2O5S/c1-38-31(35)26-8-6-23(7-9-26)22-39-30(25-10-13-28(32)14-11-25)21-33-16-18-34(19-17-33)40(36,37)29-15-12-24-4-2-3-5-27(24)20-29/h2-15,20,30H,16-19,21-22H2,1H3/t30-/m0/s1. The van der Waals surface area contributed by atoms with Crippen molar-refractivity contribution in [3.8, 4) is 0 Å². The Morgan fingerprint density at radius 1 is 0.875 bits per heavy atom. The summed E-state index contributed by atoms with van der Waals surface area (Å²) in [4.78, 5) is 14.3. The minimum absolute atomic E-state index is 0.249. The zero-order chi connectivity index (χ0) is 28.1. The predicted octanol–water partition coefficient (Wildman–Crippen LogP) is 5.54. The van der Waals surface area contributed by atoms with E-state index in [9.17, 15) is 13.2 Å². The number of carbonyl (C=O) groups is 1. The molecule has 40 heavy (non-hydrogen) atoms. The lowest BCUT2D eigenvalue weighted by Gasteiger charge is -2.36. The van der Waals surface area contributed by atoms with Gasteiger partial charge in [-0.25, -0.2) is 13.2 Å². The Morgan fingerprint density at radius 3 is 2.23 bits per heavy atom. The Kier molecular flexibility index (Phi) is 8.83. The first-order valence-corrected chi connectivity index (χ1v) is 14.9. The van der Waals surface area contributed by atoms with Gasteiger partial charge in [0.1, 0.15) is 0 Å². The largest absolute Gasteiger partial charge is 0.465 e. The fourth-order valence-electron chi connectivity index (χ4n) is 4.85. The molecule has 1 saturated heterocycles. The van der Waals surface area contributed by atoms with Gasteiger partial charge in [0.05, 0.1) is 30.3 Å². The number of fused-ring (bicyclic) bond motifs is 1. The van der Waals surface area contributed by atoms with Crippen LogP contribution in [0.5, 0.6) is 0 Å². The van der Waals surface area contributed by atoms with Gasteiger partial charge in [0.25, 0.3) is 0 Å². The number of hydrogen-bond acceptors (Lipinski definition) is 6. The maximum Gasteiger partial charge on any atom is 0.337 e. The summed E-state index contributed by atoms with van der Waals surface area (Å²) >= 11 is 6.12. The molecule has 0 spiro atoms. The third kappa shape index (κ3) is 6.54. The van der Waals surface area contributed by atoms with Gasteiger partial charge in [-0.05, 0) is 58.3 Å². The maximum absolute atomic E-state index is 13.4. The zero-order valence-electron chi connectivity index (χ0n) is 22.2. The predicted molar refractivity (Wildman–Crippen MR) is 156 cm³/mol. The first-order valence-electron chi connectivity index (χ1n) is 13.1. The van der Waals surface area contributed by atoms with Crippen molar-refractivity contribution in [2.45, 2.75) is 17.6 Å². The summed E-state index contributed by atoms with van der Waals surface area (Å²) in [6, 6.07) is 27.8. The number of methoxy groups -OCH3 is 1. The molecule has 1 aliphatic rings. The van der Waals surface area contributed by atoms with Crippen molar-refractivity contribution >= 4 is 38.4 Å². The smallest absolute Gasteiger partial charge is 0.337 e. The number of piperazine rings is 1. The Labute approximate surface area is 239 Å². The Balaban J connectivity index is 1.24. The van der Waals surface area contributed by atoms with Crippen LogP contribution in [0, 0.1) is 0 Å². The molecule has 208 valence electrons. The average Bonchev–Trinajstić information content (AvgIpc) is 2.99. The first-order chi connectivity index (χ1) is 19.3. The van der Waals surface area contributed by atoms with E-state index in [1.807, 2.05) is 66.7 Å². The average molecular weight is 579 g/mol. The van der Waals surface area contributed by atoms with Gasteiger partial charge >= 0.3 is 5.97 Å². The Hall–Kier alpha value is -3.27. The van der Waals surface area contributed by atoms with Gasteiger partial charge in [-0.3, -0.25) is 4.90 Å². The summed E-state index contributed by atoms with van der Waals surface area (Å²) in [5.74, 6) is -0.381. The van der Waals surface area contributed by atoms with Crippen LogP contribution < -0.4 is 0 Å². The number of hydrogen-bond donors (Lipinski definition) is 0. The van der Waals surface area contributed by atoms with Crippen molar-refractivity contribution in [3.63, 3.8) is 0 Å². The fourth-order valence-corrected chi connectivity index (χ4v) is 6.43. The molecule has 0 aliphatic carbocycles. The molecule has 0 aromatic heterocycles. The second-order valence-electron chi connectivity index (χ2n) is 9.75. The quantitative estimate of drug-likeness (QED) is 0.243. The van der Waals surface area contributed by atoms with Crippen molar-refractivity contribution in [3.05, 3.63) is 113 Å². The van der Waals surface area contributed by atoms with Gasteiger partial charge in [0.15, 0.2) is 0 Å². The third-order valence-electron chi connectivity index (χ3n) is 7.18. The molecular formula is C31H31ClN2O5S. The van der Waals surface area contributed by atoms with Crippen molar-refractivity contribution < 1.29 is 22.7 Å². The second kappa shape index (κ2) is 12.5. The minimum atomic E-state index is -3.59. The normalized spacial score (nSPS) is 15.7. The number of sulfonamides is 1. The molecule has 1 fully saturated rings. The number of benzene rings is 4. The number of carbonyl (C=O) groups excluding carboxylic acids is 1. The molecule has 0 saturated carbocycles. The van der Waals surface area contributed by atoms with Crippen LogP contribution in [0.25, 0.3) is 10.8 Å². The molecule has 0 amide bonds. The van der Waals surface area contributed by atoms with E-state index in [0.29, 0.717) is 54.8 Å². The maximum atomic E-state index is 13.4. The molecule has 1 heterocycles. The van der Waals surface area contributed by atoms with Gasteiger partial charge in [0, 0.05) is 37.7 Å². The lowest BCUT2D eigenvalue weighted by atomic mass is 10.1. The Morgan fingerprint density at radius 2 is 1.55 bits per heavy atom. The van der Waals surface area contributed by atoms with E-state index in [0.717, 1.165) is 21.9 Å². The van der Waals surface area contributed by atoms with E-state index in [1.54, 1.807) is 28.6 Å². The lowest BCUT2D eigenvalue weighted by Crippen LogP contribution is -2.49. The van der Waals surface area contributed by atoms with Crippen LogP contribution >= 0.6 is 11.6 Å². The number of nitrogens with zero attached hydrogens (tertiary/aromatic N) is 2. The molecule has 0 unspecified atom stereocenters. The van der Waals surface area contributed by atoms with Crippen LogP contribution in [0.2, 0.25) is 5.02 Å². The summed E-state index contributed by atoms with van der Waals surface area (Å²) in [5.41, 5.74) is 2.40. The van der Waals surface area contributed by atoms with Crippen molar-refractivity contribution in [2.75, 3.05) is 39.8 Å². The van der Waals surface area contributed by atoms with Crippen LogP contribution in [-0.4, -0.2) is 63.4 Å². The number of rotatable bonds is 9. The second-order valence-corrected chi connectivity index (χ2v) is 12.1. The fraction of sp³-hybridized carbons (Fsp3) is 0.258. The molecule has 4 aromatic carbocycles. The topological polar surface area (TPSA) is 76.2 Å². The van der Waals surface area contributed by atoms with E-state index >= 15 is 0 Å². The van der Waals surface area contributed by atoms with Gasteiger partial charge in [0.2, 0.25) is 10.0 Å². The van der Waals surface area contributed by atoms with Crippen LogP contribution in [0.15, 0.2) is 95.9 Å². The molecule has 7 nitrogen and oxygen atoms in total. The third-order valence-corrected chi connectivity index (χ3v) is 9.33. The molecular weight excluding hydrogens is 548 g/mol. The van der Waals surface area contributed by atoms with E-state index in [2.05, 4.69) is 4.90 Å². The van der Waals surface area contributed by atoms with Crippen LogP contribution in [0.3, 0.4) is 0 Å². The summed E-state index contributed by atoms with van der Waals surface area (Å²) < 4.78 is 39.5. The molecule has 0 bridgehead atoms. The van der Waals surface area contributed by atoms with Gasteiger partial charge < -0.3 is 9.47 Å². The van der Waals surface area contributed by atoms with Gasteiger partial charge in [-0.15, -0.1) is 0 Å². The van der Waals surface area contributed by atoms with E-state index in [-0.39, 0.29) is 12.1 Å². The molecule has 0 radical (unpaired) electrons. The van der Waals surface area contributed by atoms with Crippen molar-refractivity contribution in [1.29, 1.82) is 0 Å². The van der Waals surface area contributed by atoms with Crippen LogP contribution in [0.1, 0.15) is 27.6 Å². The molecule has 1 aliphatic heterocycles. The summed E-state index contributed by atoms with van der Waals surface area (Å²) in [5, 5.41) is 2.57.